The minimum absolute atomic E-state index is 0.215. The zero-order chi connectivity index (χ0) is 11.0. The highest BCUT2D eigenvalue weighted by molar-refractivity contribution is 7.14. The molecule has 1 aromatic heterocycles. The van der Waals surface area contributed by atoms with E-state index in [1.165, 1.54) is 29.7 Å². The summed E-state index contributed by atoms with van der Waals surface area (Å²) in [5, 5.41) is 0. The highest BCUT2D eigenvalue weighted by Gasteiger charge is 2.26. The number of rotatable bonds is 2. The van der Waals surface area contributed by atoms with Gasteiger partial charge in [0.25, 0.3) is 0 Å². The average Bonchev–Trinajstić information content (AvgIpc) is 2.89. The molecule has 2 heterocycles. The summed E-state index contributed by atoms with van der Waals surface area (Å²) in [6, 6.07) is 2.14. The van der Waals surface area contributed by atoms with Gasteiger partial charge in [0, 0.05) is 24.0 Å². The third-order valence-corrected chi connectivity index (χ3v) is 4.83. The molecule has 0 aromatic carbocycles. The Hall–Kier alpha value is -0.670. The van der Waals surface area contributed by atoms with Gasteiger partial charge in [-0.05, 0) is 43.7 Å². The Morgan fingerprint density at radius 1 is 1.31 bits per heavy atom. The van der Waals surface area contributed by atoms with Gasteiger partial charge in [0.05, 0.1) is 4.88 Å². The number of hydrogen-bond acceptors (Lipinski definition) is 3. The molecule has 1 aromatic rings. The first-order chi connectivity index (χ1) is 7.84. The summed E-state index contributed by atoms with van der Waals surface area (Å²) in [4.78, 5) is 14.7. The van der Waals surface area contributed by atoms with Crippen molar-refractivity contribution in [2.45, 2.75) is 32.1 Å². The van der Waals surface area contributed by atoms with Crippen molar-refractivity contribution in [3.05, 3.63) is 21.4 Å². The van der Waals surface area contributed by atoms with Gasteiger partial charge in [-0.1, -0.05) is 0 Å². The van der Waals surface area contributed by atoms with E-state index in [-0.39, 0.29) is 5.92 Å². The van der Waals surface area contributed by atoms with Gasteiger partial charge in [0.2, 0.25) is 0 Å². The molecule has 1 aliphatic heterocycles. The highest BCUT2D eigenvalue weighted by atomic mass is 32.1. The summed E-state index contributed by atoms with van der Waals surface area (Å²) < 4.78 is 5.30. The first-order valence-electron chi connectivity index (χ1n) is 6.08. The number of thiophene rings is 1. The fraction of sp³-hybridized carbons (Fsp3) is 0.615. The van der Waals surface area contributed by atoms with Gasteiger partial charge < -0.3 is 4.74 Å². The van der Waals surface area contributed by atoms with Gasteiger partial charge in [0.1, 0.15) is 0 Å². The van der Waals surface area contributed by atoms with Crippen LogP contribution in [0.3, 0.4) is 0 Å². The summed E-state index contributed by atoms with van der Waals surface area (Å²) >= 11 is 1.73. The van der Waals surface area contributed by atoms with Crippen LogP contribution in [0.4, 0.5) is 0 Å². The van der Waals surface area contributed by atoms with Crippen LogP contribution in [0, 0.1) is 5.92 Å². The monoisotopic (exact) mass is 236 g/mol. The summed E-state index contributed by atoms with van der Waals surface area (Å²) in [6.07, 6.45) is 5.43. The van der Waals surface area contributed by atoms with Gasteiger partial charge >= 0.3 is 0 Å². The number of carbonyl (C=O) groups excluding carboxylic acids is 1. The smallest absolute Gasteiger partial charge is 0.176 e. The molecule has 0 amide bonds. The van der Waals surface area contributed by atoms with Crippen LogP contribution in [-0.4, -0.2) is 19.0 Å². The Bertz CT molecular complexity index is 381. The molecule has 86 valence electrons. The van der Waals surface area contributed by atoms with Crippen molar-refractivity contribution in [2.24, 2.45) is 5.92 Å². The summed E-state index contributed by atoms with van der Waals surface area (Å²) in [7, 11) is 0. The van der Waals surface area contributed by atoms with Crippen LogP contribution >= 0.6 is 11.3 Å². The lowest BCUT2D eigenvalue weighted by Crippen LogP contribution is -2.22. The molecule has 16 heavy (non-hydrogen) atoms. The Balaban J connectivity index is 1.78. The highest BCUT2D eigenvalue weighted by Crippen LogP contribution is 2.33. The lowest BCUT2D eigenvalue weighted by atomic mass is 9.94. The minimum atomic E-state index is 0.215. The fourth-order valence-corrected chi connectivity index (χ4v) is 3.88. The minimum Gasteiger partial charge on any atom is -0.381 e. The number of hydrogen-bond donors (Lipinski definition) is 0. The predicted octanol–water partition coefficient (Wildman–Crippen LogP) is 2.85. The van der Waals surface area contributed by atoms with E-state index in [1.54, 1.807) is 11.3 Å². The summed E-state index contributed by atoms with van der Waals surface area (Å²) in [5.41, 5.74) is 1.43. The normalized spacial score (nSPS) is 21.0. The SMILES string of the molecule is O=C(c1cc2c(s1)CCC2)C1CCOCC1. The number of carbonyl (C=O) groups is 1. The molecule has 3 rings (SSSR count). The number of aryl methyl sites for hydroxylation is 2. The topological polar surface area (TPSA) is 26.3 Å². The summed E-state index contributed by atoms with van der Waals surface area (Å²) in [6.45, 7) is 1.50. The molecule has 0 atom stereocenters. The zero-order valence-corrected chi connectivity index (χ0v) is 10.1. The molecule has 0 unspecified atom stereocenters. The maximum absolute atomic E-state index is 12.3. The van der Waals surface area contributed by atoms with Gasteiger partial charge in [0.15, 0.2) is 5.78 Å². The van der Waals surface area contributed by atoms with Gasteiger partial charge in [-0.15, -0.1) is 11.3 Å². The van der Waals surface area contributed by atoms with Crippen molar-refractivity contribution in [3.8, 4) is 0 Å². The summed E-state index contributed by atoms with van der Waals surface area (Å²) in [5.74, 6) is 0.579. The lowest BCUT2D eigenvalue weighted by molar-refractivity contribution is 0.0547. The molecular formula is C13H16O2S. The van der Waals surface area contributed by atoms with Crippen molar-refractivity contribution >= 4 is 17.1 Å². The Morgan fingerprint density at radius 3 is 2.88 bits per heavy atom. The molecule has 1 fully saturated rings. The van der Waals surface area contributed by atoms with Crippen LogP contribution < -0.4 is 0 Å². The molecule has 2 nitrogen and oxygen atoms in total. The number of Topliss-reactive ketones (excluding diaryl/α,β-unsaturated/α-hetero) is 1. The van der Waals surface area contributed by atoms with Crippen molar-refractivity contribution in [3.63, 3.8) is 0 Å². The van der Waals surface area contributed by atoms with Crippen LogP contribution in [0.15, 0.2) is 6.07 Å². The van der Waals surface area contributed by atoms with Gasteiger partial charge in [-0.2, -0.15) is 0 Å². The third kappa shape index (κ3) is 1.82. The average molecular weight is 236 g/mol. The van der Waals surface area contributed by atoms with E-state index in [9.17, 15) is 4.79 Å². The quantitative estimate of drug-likeness (QED) is 0.738. The Morgan fingerprint density at radius 2 is 2.12 bits per heavy atom. The van der Waals surface area contributed by atoms with Crippen LogP contribution in [0.25, 0.3) is 0 Å². The van der Waals surface area contributed by atoms with Crippen LogP contribution in [0.2, 0.25) is 0 Å². The van der Waals surface area contributed by atoms with E-state index in [0.717, 1.165) is 30.9 Å². The number of ether oxygens (including phenoxy) is 1. The molecule has 0 bridgehead atoms. The zero-order valence-electron chi connectivity index (χ0n) is 9.33. The van der Waals surface area contributed by atoms with E-state index in [1.807, 2.05) is 0 Å². The van der Waals surface area contributed by atoms with Gasteiger partial charge in [-0.3, -0.25) is 4.79 Å². The maximum Gasteiger partial charge on any atom is 0.176 e. The number of ketones is 1. The Labute approximate surface area is 99.6 Å². The lowest BCUT2D eigenvalue weighted by Gasteiger charge is -2.20. The van der Waals surface area contributed by atoms with E-state index in [4.69, 9.17) is 4.74 Å². The molecule has 0 N–H and O–H groups in total. The molecule has 0 spiro atoms. The number of fused-ring (bicyclic) bond motifs is 1. The van der Waals surface area contributed by atoms with Crippen molar-refractivity contribution in [1.82, 2.24) is 0 Å². The van der Waals surface area contributed by atoms with E-state index in [2.05, 4.69) is 6.07 Å². The van der Waals surface area contributed by atoms with E-state index < -0.39 is 0 Å². The van der Waals surface area contributed by atoms with E-state index in [0.29, 0.717) is 5.78 Å². The molecule has 1 aliphatic carbocycles. The largest absolute Gasteiger partial charge is 0.381 e. The van der Waals surface area contributed by atoms with Crippen molar-refractivity contribution < 1.29 is 9.53 Å². The van der Waals surface area contributed by atoms with Crippen LogP contribution in [0.1, 0.15) is 39.4 Å². The molecular weight excluding hydrogens is 220 g/mol. The standard InChI is InChI=1S/C13H16O2S/c14-13(9-4-6-15-7-5-9)12-8-10-2-1-3-11(10)16-12/h8-9H,1-7H2. The first kappa shape index (κ1) is 10.5. The van der Waals surface area contributed by atoms with Crippen molar-refractivity contribution in [1.29, 1.82) is 0 Å². The molecule has 1 saturated heterocycles. The van der Waals surface area contributed by atoms with Crippen LogP contribution in [0.5, 0.6) is 0 Å². The second kappa shape index (κ2) is 4.30. The second-order valence-corrected chi connectivity index (χ2v) is 5.80. The predicted molar refractivity (Wildman–Crippen MR) is 64.2 cm³/mol. The maximum atomic E-state index is 12.3. The van der Waals surface area contributed by atoms with Crippen molar-refractivity contribution in [2.75, 3.05) is 13.2 Å². The molecule has 0 radical (unpaired) electrons. The Kier molecular flexibility index (Phi) is 2.82. The third-order valence-electron chi connectivity index (χ3n) is 3.58. The molecule has 2 aliphatic rings. The van der Waals surface area contributed by atoms with E-state index >= 15 is 0 Å². The van der Waals surface area contributed by atoms with Crippen LogP contribution in [-0.2, 0) is 17.6 Å². The first-order valence-corrected chi connectivity index (χ1v) is 6.90. The fourth-order valence-electron chi connectivity index (χ4n) is 2.61. The second-order valence-electron chi connectivity index (χ2n) is 4.66. The molecule has 3 heteroatoms. The molecule has 0 saturated carbocycles. The van der Waals surface area contributed by atoms with Gasteiger partial charge in [-0.25, -0.2) is 0 Å².